The van der Waals surface area contributed by atoms with Crippen LogP contribution >= 0.6 is 27.7 Å². The van der Waals surface area contributed by atoms with Crippen LogP contribution in [0.3, 0.4) is 0 Å². The first-order valence-electron chi connectivity index (χ1n) is 4.21. The minimum absolute atomic E-state index is 0.140. The third-order valence-electron chi connectivity index (χ3n) is 1.51. The number of benzene rings is 1. The minimum atomic E-state index is -4.55. The summed E-state index contributed by atoms with van der Waals surface area (Å²) in [4.78, 5) is 10.6. The largest absolute Gasteiger partial charge is 0.446 e. The molecule has 0 N–H and O–H groups in total. The van der Waals surface area contributed by atoms with Gasteiger partial charge in [0, 0.05) is 0 Å². The summed E-state index contributed by atoms with van der Waals surface area (Å²) in [7, 11) is 0. The van der Waals surface area contributed by atoms with Crippen LogP contribution in [0, 0.1) is 0 Å². The molecule has 0 aliphatic heterocycles. The second-order valence-corrected chi connectivity index (χ2v) is 4.81. The highest BCUT2D eigenvalue weighted by atomic mass is 79.9. The Morgan fingerprint density at radius 2 is 1.94 bits per heavy atom. The quantitative estimate of drug-likeness (QED) is 0.475. The summed E-state index contributed by atoms with van der Waals surface area (Å²) in [5, 5.41) is 0. The van der Waals surface area contributed by atoms with Crippen molar-refractivity contribution >= 4 is 33.7 Å². The molecule has 0 aromatic heterocycles. The van der Waals surface area contributed by atoms with E-state index in [0.717, 1.165) is 0 Å². The van der Waals surface area contributed by atoms with Gasteiger partial charge in [0.05, 0.1) is 9.38 Å². The molecule has 0 bridgehead atoms. The molecule has 0 amide bonds. The van der Waals surface area contributed by atoms with Crippen molar-refractivity contribution in [1.82, 2.24) is 0 Å². The van der Waals surface area contributed by atoms with Crippen LogP contribution in [0.15, 0.2) is 40.2 Å². The van der Waals surface area contributed by atoms with E-state index in [1.54, 1.807) is 18.2 Å². The highest BCUT2D eigenvalue weighted by molar-refractivity contribution is 9.10. The fourth-order valence-corrected chi connectivity index (χ4v) is 1.64. The van der Waals surface area contributed by atoms with Gasteiger partial charge in [-0.25, -0.2) is 4.79 Å². The van der Waals surface area contributed by atoms with Gasteiger partial charge in [0.15, 0.2) is 0 Å². The van der Waals surface area contributed by atoms with Crippen molar-refractivity contribution in [3.8, 4) is 5.75 Å². The zero-order valence-electron chi connectivity index (χ0n) is 8.25. The Bertz CT molecular complexity index is 445. The number of esters is 1. The molecule has 0 saturated carbocycles. The van der Waals surface area contributed by atoms with Crippen molar-refractivity contribution in [2.75, 3.05) is 0 Å². The van der Waals surface area contributed by atoms with Gasteiger partial charge in [-0.15, -0.1) is 0 Å². The first-order valence-corrected chi connectivity index (χ1v) is 5.82. The van der Waals surface area contributed by atoms with Crippen molar-refractivity contribution in [1.29, 1.82) is 0 Å². The molecule has 1 aromatic carbocycles. The normalized spacial score (nSPS) is 11.1. The summed E-state index contributed by atoms with van der Waals surface area (Å²) in [5.74, 6) is -0.986. The molecule has 92 valence electrons. The third-order valence-corrected chi connectivity index (χ3v) is 2.81. The number of carbonyl (C=O) groups is 1. The van der Waals surface area contributed by atoms with Crippen molar-refractivity contribution in [3.63, 3.8) is 0 Å². The lowest BCUT2D eigenvalue weighted by Gasteiger charge is -2.09. The van der Waals surface area contributed by atoms with Crippen LogP contribution in [0.25, 0.3) is 0 Å². The molecule has 1 rings (SSSR count). The van der Waals surface area contributed by atoms with E-state index in [1.165, 1.54) is 6.07 Å². The smallest absolute Gasteiger partial charge is 0.421 e. The summed E-state index contributed by atoms with van der Waals surface area (Å²) in [6.07, 6.45) is 0. The molecular formula is C10H6BrF3O2S. The number of para-hydroxylation sites is 1. The van der Waals surface area contributed by atoms with Crippen molar-refractivity contribution in [3.05, 3.63) is 40.2 Å². The average molecular weight is 327 g/mol. The molecule has 0 spiro atoms. The topological polar surface area (TPSA) is 26.3 Å². The maximum absolute atomic E-state index is 12.0. The van der Waals surface area contributed by atoms with Gasteiger partial charge in [0.1, 0.15) is 5.75 Å². The zero-order valence-corrected chi connectivity index (χ0v) is 10.7. The first-order chi connectivity index (χ1) is 7.79. The third kappa shape index (κ3) is 4.82. The molecule has 7 heteroatoms. The highest BCUT2D eigenvalue weighted by Crippen LogP contribution is 2.36. The van der Waals surface area contributed by atoms with Gasteiger partial charge in [0.25, 0.3) is 0 Å². The second-order valence-electron chi connectivity index (χ2n) is 2.79. The Morgan fingerprint density at radius 3 is 2.47 bits per heavy atom. The maximum atomic E-state index is 12.0. The Balaban J connectivity index is 2.68. The molecule has 0 atom stereocenters. The summed E-state index contributed by atoms with van der Waals surface area (Å²) in [5.41, 5.74) is -4.55. The Labute approximate surface area is 108 Å². The fourth-order valence-electron chi connectivity index (χ4n) is 0.866. The van der Waals surface area contributed by atoms with E-state index in [1.807, 2.05) is 0 Å². The van der Waals surface area contributed by atoms with Crippen molar-refractivity contribution in [2.24, 2.45) is 0 Å². The van der Waals surface area contributed by atoms with Gasteiger partial charge in [-0.05, 0) is 39.8 Å². The van der Waals surface area contributed by atoms with E-state index in [0.29, 0.717) is 4.47 Å². The lowest BCUT2D eigenvalue weighted by atomic mass is 10.3. The summed E-state index contributed by atoms with van der Waals surface area (Å²) < 4.78 is 41.1. The van der Waals surface area contributed by atoms with Crippen molar-refractivity contribution in [2.45, 2.75) is 5.51 Å². The number of carbonyl (C=O) groups excluding carboxylic acids is 1. The summed E-state index contributed by atoms with van der Waals surface area (Å²) in [6.45, 7) is 3.02. The van der Waals surface area contributed by atoms with Gasteiger partial charge in [-0.1, -0.05) is 18.7 Å². The monoisotopic (exact) mass is 326 g/mol. The first kappa shape index (κ1) is 14.1. The van der Waals surface area contributed by atoms with Crippen LogP contribution in [0.5, 0.6) is 5.75 Å². The second kappa shape index (κ2) is 5.59. The molecular weight excluding hydrogens is 321 g/mol. The van der Waals surface area contributed by atoms with E-state index in [-0.39, 0.29) is 5.75 Å². The number of alkyl halides is 3. The van der Waals surface area contributed by atoms with Gasteiger partial charge >= 0.3 is 11.5 Å². The Morgan fingerprint density at radius 1 is 1.35 bits per heavy atom. The molecule has 0 aliphatic carbocycles. The lowest BCUT2D eigenvalue weighted by Crippen LogP contribution is -2.12. The summed E-state index contributed by atoms with van der Waals surface area (Å²) >= 11 is 2.51. The molecule has 2 nitrogen and oxygen atoms in total. The zero-order chi connectivity index (χ0) is 13.1. The molecule has 0 fully saturated rings. The predicted molar refractivity (Wildman–Crippen MR) is 62.6 cm³/mol. The molecule has 1 aromatic rings. The fraction of sp³-hybridized carbons (Fsp3) is 0.100. The maximum Gasteiger partial charge on any atom is 0.446 e. The number of ether oxygens (including phenoxy) is 1. The molecule has 0 saturated heterocycles. The molecule has 0 heterocycles. The van der Waals surface area contributed by atoms with Gasteiger partial charge in [-0.3, -0.25) is 0 Å². The van der Waals surface area contributed by atoms with Crippen LogP contribution in [-0.2, 0) is 4.79 Å². The SMILES string of the molecule is C=C(SC(F)(F)F)C(=O)Oc1ccccc1Br. The van der Waals surface area contributed by atoms with E-state index < -0.39 is 28.1 Å². The number of hydrogen-bond donors (Lipinski definition) is 0. The van der Waals surface area contributed by atoms with Crippen LogP contribution < -0.4 is 4.74 Å². The number of thioether (sulfide) groups is 1. The minimum Gasteiger partial charge on any atom is -0.421 e. The molecule has 0 aliphatic rings. The van der Waals surface area contributed by atoms with E-state index in [2.05, 4.69) is 22.5 Å². The Hall–Kier alpha value is -0.950. The lowest BCUT2D eigenvalue weighted by molar-refractivity contribution is -0.129. The standard InChI is InChI=1S/C10H6BrF3O2S/c1-6(17-10(12,13)14)9(15)16-8-5-3-2-4-7(8)11/h2-5H,1H2. The molecule has 17 heavy (non-hydrogen) atoms. The number of rotatable bonds is 3. The average Bonchev–Trinajstić information content (AvgIpc) is 2.18. The molecule has 0 radical (unpaired) electrons. The van der Waals surface area contributed by atoms with E-state index in [4.69, 9.17) is 4.74 Å². The van der Waals surface area contributed by atoms with Crippen molar-refractivity contribution < 1.29 is 22.7 Å². The van der Waals surface area contributed by atoms with Crippen LogP contribution in [-0.4, -0.2) is 11.5 Å². The van der Waals surface area contributed by atoms with E-state index in [9.17, 15) is 18.0 Å². The summed E-state index contributed by atoms with van der Waals surface area (Å²) in [6, 6.07) is 6.32. The van der Waals surface area contributed by atoms with Gasteiger partial charge in [-0.2, -0.15) is 13.2 Å². The van der Waals surface area contributed by atoms with Crippen LogP contribution in [0.4, 0.5) is 13.2 Å². The van der Waals surface area contributed by atoms with Gasteiger partial charge in [0.2, 0.25) is 0 Å². The van der Waals surface area contributed by atoms with Crippen LogP contribution in [0.1, 0.15) is 0 Å². The molecule has 0 unspecified atom stereocenters. The highest BCUT2D eigenvalue weighted by Gasteiger charge is 2.32. The number of hydrogen-bond acceptors (Lipinski definition) is 3. The predicted octanol–water partition coefficient (Wildman–Crippen LogP) is 4.12. The Kier molecular flexibility index (Phi) is 4.64. The van der Waals surface area contributed by atoms with E-state index >= 15 is 0 Å². The van der Waals surface area contributed by atoms with Gasteiger partial charge < -0.3 is 4.74 Å². The van der Waals surface area contributed by atoms with Crippen LogP contribution in [0.2, 0.25) is 0 Å². The number of halogens is 4.